The first kappa shape index (κ1) is 13.2. The molecule has 1 unspecified atom stereocenters. The summed E-state index contributed by atoms with van der Waals surface area (Å²) in [5.41, 5.74) is 7.74. The molecule has 4 nitrogen and oxygen atoms in total. The molecule has 1 saturated heterocycles. The van der Waals surface area contributed by atoms with Gasteiger partial charge in [-0.05, 0) is 20.0 Å². The van der Waals surface area contributed by atoms with Gasteiger partial charge in [0.2, 0.25) is 0 Å². The molecule has 1 atom stereocenters. The summed E-state index contributed by atoms with van der Waals surface area (Å²) in [6.07, 6.45) is 0. The number of rotatable bonds is 3. The average Bonchev–Trinajstić information content (AvgIpc) is 2.34. The minimum absolute atomic E-state index is 0.575. The smallest absolute Gasteiger partial charge is 0.125 e. The summed E-state index contributed by atoms with van der Waals surface area (Å²) in [6.45, 7) is 6.56. The maximum atomic E-state index is 5.78. The predicted molar refractivity (Wildman–Crippen MR) is 74.8 cm³/mol. The van der Waals surface area contributed by atoms with Crippen molar-refractivity contribution in [3.05, 3.63) is 23.8 Å². The van der Waals surface area contributed by atoms with E-state index in [1.54, 1.807) is 7.11 Å². The van der Waals surface area contributed by atoms with Gasteiger partial charge in [0.25, 0.3) is 0 Å². The average molecular weight is 249 g/mol. The molecule has 0 amide bonds. The zero-order chi connectivity index (χ0) is 13.1. The van der Waals surface area contributed by atoms with Crippen LogP contribution in [0.4, 0.5) is 5.69 Å². The molecular weight excluding hydrogens is 226 g/mol. The van der Waals surface area contributed by atoms with Crippen LogP contribution in [0.3, 0.4) is 0 Å². The van der Waals surface area contributed by atoms with Gasteiger partial charge < -0.3 is 15.4 Å². The number of hydrogen-bond donors (Lipinski definition) is 1. The predicted octanol–water partition coefficient (Wildman–Crippen LogP) is 1.41. The van der Waals surface area contributed by atoms with E-state index in [-0.39, 0.29) is 0 Å². The van der Waals surface area contributed by atoms with E-state index in [4.69, 9.17) is 10.5 Å². The fraction of sp³-hybridized carbons (Fsp3) is 0.571. The highest BCUT2D eigenvalue weighted by Gasteiger charge is 2.22. The highest BCUT2D eigenvalue weighted by Crippen LogP contribution is 2.24. The Bertz CT molecular complexity index is 408. The number of nitrogens with zero attached hydrogens (tertiary/aromatic N) is 2. The van der Waals surface area contributed by atoms with Crippen molar-refractivity contribution in [2.45, 2.75) is 19.5 Å². The second-order valence-corrected chi connectivity index (χ2v) is 5.15. The van der Waals surface area contributed by atoms with E-state index in [1.165, 1.54) is 5.56 Å². The maximum Gasteiger partial charge on any atom is 0.125 e. The molecule has 0 saturated carbocycles. The van der Waals surface area contributed by atoms with Crippen LogP contribution >= 0.6 is 0 Å². The summed E-state index contributed by atoms with van der Waals surface area (Å²) in [4.78, 5) is 4.87. The number of benzene rings is 1. The Hall–Kier alpha value is -1.26. The molecule has 1 fully saturated rings. The Morgan fingerprint density at radius 2 is 2.17 bits per heavy atom. The second-order valence-electron chi connectivity index (χ2n) is 5.15. The fourth-order valence-electron chi connectivity index (χ4n) is 2.52. The van der Waals surface area contributed by atoms with Crippen molar-refractivity contribution in [2.75, 3.05) is 39.5 Å². The number of ether oxygens (including phenoxy) is 1. The maximum absolute atomic E-state index is 5.78. The number of anilines is 1. The minimum Gasteiger partial charge on any atom is -0.496 e. The lowest BCUT2D eigenvalue weighted by molar-refractivity contribution is 0.0931. The first-order valence-electron chi connectivity index (χ1n) is 6.45. The third-order valence-corrected chi connectivity index (χ3v) is 3.65. The first-order chi connectivity index (χ1) is 8.60. The summed E-state index contributed by atoms with van der Waals surface area (Å²) in [6, 6.07) is 6.49. The van der Waals surface area contributed by atoms with Crippen LogP contribution in [-0.2, 0) is 6.54 Å². The Labute approximate surface area is 109 Å². The molecular formula is C14H23N3O. The molecule has 1 aromatic carbocycles. The zero-order valence-electron chi connectivity index (χ0n) is 11.5. The molecule has 1 aliphatic rings. The van der Waals surface area contributed by atoms with Crippen molar-refractivity contribution < 1.29 is 4.74 Å². The Morgan fingerprint density at radius 1 is 1.39 bits per heavy atom. The molecule has 0 spiro atoms. The summed E-state index contributed by atoms with van der Waals surface area (Å²) in [5.74, 6) is 0.890. The van der Waals surface area contributed by atoms with Gasteiger partial charge in [-0.1, -0.05) is 6.07 Å². The first-order valence-corrected chi connectivity index (χ1v) is 6.45. The Kier molecular flexibility index (Phi) is 4.09. The number of methoxy groups -OCH3 is 1. The lowest BCUT2D eigenvalue weighted by atomic mass is 10.1. The van der Waals surface area contributed by atoms with Gasteiger partial charge in [-0.2, -0.15) is 0 Å². The van der Waals surface area contributed by atoms with Crippen molar-refractivity contribution in [3.8, 4) is 5.75 Å². The molecule has 18 heavy (non-hydrogen) atoms. The van der Waals surface area contributed by atoms with Crippen molar-refractivity contribution in [3.63, 3.8) is 0 Å². The summed E-state index contributed by atoms with van der Waals surface area (Å²) in [7, 11) is 3.88. The molecule has 0 aromatic heterocycles. The molecule has 1 aromatic rings. The van der Waals surface area contributed by atoms with Gasteiger partial charge in [0, 0.05) is 49.5 Å². The minimum atomic E-state index is 0.575. The molecule has 100 valence electrons. The Balaban J connectivity index is 2.09. The van der Waals surface area contributed by atoms with Crippen LogP contribution < -0.4 is 10.5 Å². The van der Waals surface area contributed by atoms with Crippen LogP contribution in [0, 0.1) is 0 Å². The van der Waals surface area contributed by atoms with Crippen LogP contribution in [-0.4, -0.2) is 49.6 Å². The van der Waals surface area contributed by atoms with E-state index in [0.717, 1.165) is 37.6 Å². The molecule has 0 bridgehead atoms. The number of nitrogen functional groups attached to an aromatic ring is 1. The highest BCUT2D eigenvalue weighted by molar-refractivity contribution is 5.48. The third kappa shape index (κ3) is 2.94. The van der Waals surface area contributed by atoms with Crippen molar-refractivity contribution in [1.82, 2.24) is 9.80 Å². The van der Waals surface area contributed by atoms with Gasteiger partial charge in [-0.15, -0.1) is 0 Å². The fourth-order valence-corrected chi connectivity index (χ4v) is 2.52. The van der Waals surface area contributed by atoms with E-state index >= 15 is 0 Å². The molecule has 4 heteroatoms. The molecule has 2 rings (SSSR count). The summed E-state index contributed by atoms with van der Waals surface area (Å²) >= 11 is 0. The number of likely N-dealkylation sites (N-methyl/N-ethyl adjacent to an activating group) is 1. The van der Waals surface area contributed by atoms with Gasteiger partial charge in [-0.3, -0.25) is 4.90 Å². The van der Waals surface area contributed by atoms with E-state index in [1.807, 2.05) is 12.1 Å². The van der Waals surface area contributed by atoms with Gasteiger partial charge in [0.1, 0.15) is 5.75 Å². The number of piperazine rings is 1. The standard InChI is InChI=1S/C14H23N3O/c1-11-9-16(2)6-7-17(11)10-12-4-5-13(15)8-14(12)18-3/h4-5,8,11H,6-7,9-10,15H2,1-3H3. The lowest BCUT2D eigenvalue weighted by Gasteiger charge is -2.38. The van der Waals surface area contributed by atoms with Gasteiger partial charge >= 0.3 is 0 Å². The normalized spacial score (nSPS) is 22.1. The Morgan fingerprint density at radius 3 is 2.83 bits per heavy atom. The van der Waals surface area contributed by atoms with E-state index in [0.29, 0.717) is 6.04 Å². The summed E-state index contributed by atoms with van der Waals surface area (Å²) in [5, 5.41) is 0. The largest absolute Gasteiger partial charge is 0.496 e. The van der Waals surface area contributed by atoms with E-state index in [9.17, 15) is 0 Å². The molecule has 2 N–H and O–H groups in total. The van der Waals surface area contributed by atoms with Gasteiger partial charge in [0.15, 0.2) is 0 Å². The van der Waals surface area contributed by atoms with Crippen molar-refractivity contribution in [2.24, 2.45) is 0 Å². The molecule has 1 heterocycles. The van der Waals surface area contributed by atoms with E-state index in [2.05, 4.69) is 29.8 Å². The van der Waals surface area contributed by atoms with Gasteiger partial charge in [-0.25, -0.2) is 0 Å². The van der Waals surface area contributed by atoms with Crippen LogP contribution in [0.25, 0.3) is 0 Å². The lowest BCUT2D eigenvalue weighted by Crippen LogP contribution is -2.49. The quantitative estimate of drug-likeness (QED) is 0.823. The highest BCUT2D eigenvalue weighted by atomic mass is 16.5. The number of hydrogen-bond acceptors (Lipinski definition) is 4. The zero-order valence-corrected chi connectivity index (χ0v) is 11.5. The SMILES string of the molecule is COc1cc(N)ccc1CN1CCN(C)CC1C. The topological polar surface area (TPSA) is 41.7 Å². The second kappa shape index (κ2) is 5.59. The van der Waals surface area contributed by atoms with E-state index < -0.39 is 0 Å². The van der Waals surface area contributed by atoms with Crippen molar-refractivity contribution in [1.29, 1.82) is 0 Å². The van der Waals surface area contributed by atoms with Crippen molar-refractivity contribution >= 4 is 5.69 Å². The van der Waals surface area contributed by atoms with Crippen LogP contribution in [0.2, 0.25) is 0 Å². The molecule has 0 radical (unpaired) electrons. The van der Waals surface area contributed by atoms with Gasteiger partial charge in [0.05, 0.1) is 7.11 Å². The summed E-state index contributed by atoms with van der Waals surface area (Å²) < 4.78 is 5.41. The third-order valence-electron chi connectivity index (χ3n) is 3.65. The molecule has 1 aliphatic heterocycles. The van der Waals surface area contributed by atoms with Crippen LogP contribution in [0.5, 0.6) is 5.75 Å². The van der Waals surface area contributed by atoms with Crippen LogP contribution in [0.15, 0.2) is 18.2 Å². The number of nitrogens with two attached hydrogens (primary N) is 1. The van der Waals surface area contributed by atoms with Crippen LogP contribution in [0.1, 0.15) is 12.5 Å². The molecule has 0 aliphatic carbocycles. The monoisotopic (exact) mass is 249 g/mol.